The van der Waals surface area contributed by atoms with Gasteiger partial charge in [0.05, 0.1) is 5.56 Å². The minimum Gasteiger partial charge on any atom is -0.456 e. The molecule has 2 fully saturated rings. The predicted molar refractivity (Wildman–Crippen MR) is 85.4 cm³/mol. The molecular weight excluding hydrogens is 312 g/mol. The van der Waals surface area contributed by atoms with Gasteiger partial charge in [-0.2, -0.15) is 0 Å². The standard InChI is InChI=1S/C18H24O6/c1-11(21-15(19)12-9-7-6-8-10-12)13-14-18(4,16(20-5)22-13)24-17(2,3)23-14/h6-11,13-14,16H,1-5H3/t11-,13-,14-,16?,18-/m1/s1. The lowest BCUT2D eigenvalue weighted by Gasteiger charge is -2.28. The van der Waals surface area contributed by atoms with Gasteiger partial charge in [0.25, 0.3) is 0 Å². The number of fused-ring (bicyclic) bond motifs is 1. The van der Waals surface area contributed by atoms with Crippen molar-refractivity contribution in [1.82, 2.24) is 0 Å². The molecule has 6 nitrogen and oxygen atoms in total. The molecule has 6 heteroatoms. The number of hydrogen-bond donors (Lipinski definition) is 0. The molecule has 0 bridgehead atoms. The van der Waals surface area contributed by atoms with E-state index < -0.39 is 42.0 Å². The van der Waals surface area contributed by atoms with Crippen molar-refractivity contribution in [2.45, 2.75) is 63.7 Å². The number of methoxy groups -OCH3 is 1. The van der Waals surface area contributed by atoms with Crippen LogP contribution < -0.4 is 0 Å². The van der Waals surface area contributed by atoms with Gasteiger partial charge in [-0.1, -0.05) is 18.2 Å². The van der Waals surface area contributed by atoms with Crippen LogP contribution in [0.3, 0.4) is 0 Å². The Morgan fingerprint density at radius 3 is 2.50 bits per heavy atom. The molecule has 2 aliphatic rings. The van der Waals surface area contributed by atoms with Gasteiger partial charge in [0.15, 0.2) is 12.1 Å². The second-order valence-electron chi connectivity index (χ2n) is 6.87. The number of esters is 1. The lowest BCUT2D eigenvalue weighted by molar-refractivity contribution is -0.255. The fraction of sp³-hybridized carbons (Fsp3) is 0.611. The smallest absolute Gasteiger partial charge is 0.338 e. The summed E-state index contributed by atoms with van der Waals surface area (Å²) >= 11 is 0. The van der Waals surface area contributed by atoms with Crippen molar-refractivity contribution in [3.8, 4) is 0 Å². The van der Waals surface area contributed by atoms with Crippen molar-refractivity contribution in [1.29, 1.82) is 0 Å². The summed E-state index contributed by atoms with van der Waals surface area (Å²) in [5.74, 6) is -1.14. The molecule has 24 heavy (non-hydrogen) atoms. The summed E-state index contributed by atoms with van der Waals surface area (Å²) in [5.41, 5.74) is -0.256. The maximum Gasteiger partial charge on any atom is 0.338 e. The zero-order valence-corrected chi connectivity index (χ0v) is 14.6. The van der Waals surface area contributed by atoms with Crippen LogP contribution >= 0.6 is 0 Å². The van der Waals surface area contributed by atoms with Crippen LogP contribution in [0, 0.1) is 0 Å². The lowest BCUT2D eigenvalue weighted by Crippen LogP contribution is -2.46. The zero-order chi connectivity index (χ0) is 17.5. The Hall–Kier alpha value is -1.47. The number of ether oxygens (including phenoxy) is 5. The van der Waals surface area contributed by atoms with Crippen molar-refractivity contribution in [3.63, 3.8) is 0 Å². The van der Waals surface area contributed by atoms with Crippen molar-refractivity contribution in [3.05, 3.63) is 35.9 Å². The molecule has 5 atom stereocenters. The number of rotatable bonds is 4. The second kappa shape index (κ2) is 6.11. The van der Waals surface area contributed by atoms with Crippen LogP contribution in [0.2, 0.25) is 0 Å². The average molecular weight is 336 g/mol. The highest BCUT2D eigenvalue weighted by molar-refractivity contribution is 5.89. The van der Waals surface area contributed by atoms with Crippen molar-refractivity contribution in [2.75, 3.05) is 7.11 Å². The summed E-state index contributed by atoms with van der Waals surface area (Å²) in [4.78, 5) is 12.3. The Morgan fingerprint density at radius 2 is 1.88 bits per heavy atom. The van der Waals surface area contributed by atoms with Crippen LogP contribution in [0.1, 0.15) is 38.1 Å². The third-order valence-corrected chi connectivity index (χ3v) is 4.47. The number of benzene rings is 1. The lowest BCUT2D eigenvalue weighted by atomic mass is 9.95. The molecule has 2 heterocycles. The van der Waals surface area contributed by atoms with Crippen LogP contribution in [-0.4, -0.2) is 49.1 Å². The molecule has 1 unspecified atom stereocenters. The average Bonchev–Trinajstić information content (AvgIpc) is 2.93. The normalized spacial score (nSPS) is 35.5. The van der Waals surface area contributed by atoms with Gasteiger partial charge in [0.2, 0.25) is 0 Å². The molecule has 2 aliphatic heterocycles. The molecule has 0 aromatic heterocycles. The van der Waals surface area contributed by atoms with Gasteiger partial charge in [0.1, 0.15) is 23.9 Å². The quantitative estimate of drug-likeness (QED) is 0.787. The Kier molecular flexibility index (Phi) is 4.42. The fourth-order valence-corrected chi connectivity index (χ4v) is 3.48. The molecule has 0 amide bonds. The topological polar surface area (TPSA) is 63.2 Å². The first kappa shape index (κ1) is 17.4. The second-order valence-corrected chi connectivity index (χ2v) is 6.87. The molecule has 1 aromatic carbocycles. The highest BCUT2D eigenvalue weighted by atomic mass is 16.8. The summed E-state index contributed by atoms with van der Waals surface area (Å²) in [7, 11) is 1.56. The Morgan fingerprint density at radius 1 is 1.21 bits per heavy atom. The van der Waals surface area contributed by atoms with Crippen LogP contribution in [-0.2, 0) is 23.7 Å². The van der Waals surface area contributed by atoms with E-state index in [-0.39, 0.29) is 0 Å². The molecule has 1 aromatic rings. The summed E-state index contributed by atoms with van der Waals surface area (Å²) in [6.07, 6.45) is -1.97. The first-order valence-corrected chi connectivity index (χ1v) is 8.09. The molecule has 2 saturated heterocycles. The molecule has 132 valence electrons. The molecule has 3 rings (SSSR count). The third kappa shape index (κ3) is 2.95. The van der Waals surface area contributed by atoms with Gasteiger partial charge in [-0.15, -0.1) is 0 Å². The zero-order valence-electron chi connectivity index (χ0n) is 14.6. The summed E-state index contributed by atoms with van der Waals surface area (Å²) < 4.78 is 29.0. The van der Waals surface area contributed by atoms with Gasteiger partial charge in [0, 0.05) is 7.11 Å². The van der Waals surface area contributed by atoms with E-state index in [1.54, 1.807) is 38.3 Å². The van der Waals surface area contributed by atoms with Gasteiger partial charge < -0.3 is 23.7 Å². The maximum absolute atomic E-state index is 12.3. The number of carbonyl (C=O) groups is 1. The maximum atomic E-state index is 12.3. The van der Waals surface area contributed by atoms with Crippen LogP contribution in [0.4, 0.5) is 0 Å². The monoisotopic (exact) mass is 336 g/mol. The molecule has 0 spiro atoms. The van der Waals surface area contributed by atoms with Crippen LogP contribution in [0.15, 0.2) is 30.3 Å². The minimum absolute atomic E-state index is 0.393. The highest BCUT2D eigenvalue weighted by Gasteiger charge is 2.65. The first-order valence-electron chi connectivity index (χ1n) is 8.09. The van der Waals surface area contributed by atoms with E-state index in [2.05, 4.69) is 0 Å². The summed E-state index contributed by atoms with van der Waals surface area (Å²) in [6, 6.07) is 8.86. The van der Waals surface area contributed by atoms with Gasteiger partial charge in [-0.05, 0) is 39.8 Å². The Labute approximate surface area is 142 Å². The minimum atomic E-state index is -0.754. The Balaban J connectivity index is 1.75. The summed E-state index contributed by atoms with van der Waals surface area (Å²) in [6.45, 7) is 7.38. The third-order valence-electron chi connectivity index (χ3n) is 4.47. The molecular formula is C18H24O6. The molecule has 0 aliphatic carbocycles. The van der Waals surface area contributed by atoms with E-state index in [4.69, 9.17) is 23.7 Å². The van der Waals surface area contributed by atoms with Crippen LogP contribution in [0.25, 0.3) is 0 Å². The molecule has 0 saturated carbocycles. The van der Waals surface area contributed by atoms with Gasteiger partial charge in [-0.3, -0.25) is 0 Å². The van der Waals surface area contributed by atoms with Gasteiger partial charge in [-0.25, -0.2) is 4.79 Å². The van der Waals surface area contributed by atoms with E-state index in [1.807, 2.05) is 26.8 Å². The SMILES string of the molecule is COC1O[C@H]([C@@H](C)OC(=O)c2ccccc2)[C@H]2OC(C)(C)O[C@@]12C. The number of carbonyl (C=O) groups excluding carboxylic acids is 1. The Bertz CT molecular complexity index is 601. The first-order chi connectivity index (χ1) is 11.3. The fourth-order valence-electron chi connectivity index (χ4n) is 3.48. The summed E-state index contributed by atoms with van der Waals surface area (Å²) in [5, 5.41) is 0. The highest BCUT2D eigenvalue weighted by Crippen LogP contribution is 2.47. The van der Waals surface area contributed by atoms with E-state index in [9.17, 15) is 4.79 Å². The van der Waals surface area contributed by atoms with Crippen LogP contribution in [0.5, 0.6) is 0 Å². The van der Waals surface area contributed by atoms with E-state index in [0.717, 1.165) is 0 Å². The molecule has 0 radical (unpaired) electrons. The van der Waals surface area contributed by atoms with Crippen molar-refractivity contribution >= 4 is 5.97 Å². The van der Waals surface area contributed by atoms with Crippen molar-refractivity contribution < 1.29 is 28.5 Å². The van der Waals surface area contributed by atoms with E-state index in [0.29, 0.717) is 5.56 Å². The largest absolute Gasteiger partial charge is 0.456 e. The molecule has 0 N–H and O–H groups in total. The van der Waals surface area contributed by atoms with Crippen molar-refractivity contribution in [2.24, 2.45) is 0 Å². The number of hydrogen-bond acceptors (Lipinski definition) is 6. The van der Waals surface area contributed by atoms with E-state index in [1.165, 1.54) is 0 Å². The predicted octanol–water partition coefficient (Wildman–Crippen LogP) is 2.51. The van der Waals surface area contributed by atoms with E-state index >= 15 is 0 Å². The van der Waals surface area contributed by atoms with Gasteiger partial charge >= 0.3 is 5.97 Å².